The first-order valence-electron chi connectivity index (χ1n) is 11.3. The van der Waals surface area contributed by atoms with Crippen LogP contribution in [0.4, 0.5) is 4.39 Å². The van der Waals surface area contributed by atoms with Crippen molar-refractivity contribution in [1.82, 2.24) is 9.55 Å². The molecule has 0 amide bonds. The minimum absolute atomic E-state index is 0.150. The van der Waals surface area contributed by atoms with E-state index in [1.54, 1.807) is 24.3 Å². The van der Waals surface area contributed by atoms with E-state index in [-0.39, 0.29) is 19.6 Å². The molecule has 1 fully saturated rings. The zero-order valence-corrected chi connectivity index (χ0v) is 19.9. The highest BCUT2D eigenvalue weighted by molar-refractivity contribution is 6.30. The minimum Gasteiger partial charge on any atom is -0.462 e. The summed E-state index contributed by atoms with van der Waals surface area (Å²) in [6.45, 7) is 0.00839. The molecule has 0 spiro atoms. The molecule has 11 heteroatoms. The third-order valence-electron chi connectivity index (χ3n) is 5.78. The van der Waals surface area contributed by atoms with Crippen molar-refractivity contribution in [1.29, 1.82) is 0 Å². The Hall–Kier alpha value is -3.31. The summed E-state index contributed by atoms with van der Waals surface area (Å²) in [5.41, 5.74) is 5.79. The zero-order valence-electron chi connectivity index (χ0n) is 19.1. The Kier molecular flexibility index (Phi) is 8.32. The summed E-state index contributed by atoms with van der Waals surface area (Å²) >= 11 is 5.93. The van der Waals surface area contributed by atoms with Crippen molar-refractivity contribution < 1.29 is 23.4 Å². The summed E-state index contributed by atoms with van der Waals surface area (Å²) in [4.78, 5) is 38.1. The molecule has 36 heavy (non-hydrogen) atoms. The van der Waals surface area contributed by atoms with Crippen LogP contribution in [0.25, 0.3) is 0 Å². The van der Waals surface area contributed by atoms with Gasteiger partial charge >= 0.3 is 11.7 Å². The highest BCUT2D eigenvalue weighted by Gasteiger charge is 2.39. The maximum absolute atomic E-state index is 13.8. The summed E-state index contributed by atoms with van der Waals surface area (Å²) in [6, 6.07) is 15.5. The van der Waals surface area contributed by atoms with Crippen LogP contribution in [0.1, 0.15) is 23.8 Å². The number of aromatic nitrogens is 2. The molecule has 1 saturated heterocycles. The molecule has 4 atom stereocenters. The number of nitrogens with one attached hydrogen (secondary N) is 1. The van der Waals surface area contributed by atoms with Crippen LogP contribution in [0, 0.1) is 5.82 Å². The van der Waals surface area contributed by atoms with Gasteiger partial charge in [0.1, 0.15) is 25.0 Å². The lowest BCUT2D eigenvalue weighted by Gasteiger charge is -2.20. The Morgan fingerprint density at radius 2 is 1.89 bits per heavy atom. The fourth-order valence-electron chi connectivity index (χ4n) is 3.88. The first-order chi connectivity index (χ1) is 17.3. The van der Waals surface area contributed by atoms with Crippen molar-refractivity contribution in [2.75, 3.05) is 6.61 Å². The Morgan fingerprint density at radius 1 is 1.17 bits per heavy atom. The summed E-state index contributed by atoms with van der Waals surface area (Å²) < 4.78 is 32.1. The number of benzene rings is 2. The van der Waals surface area contributed by atoms with Crippen LogP contribution in [0.2, 0.25) is 5.02 Å². The van der Waals surface area contributed by atoms with Crippen LogP contribution < -0.4 is 17.0 Å². The fourth-order valence-corrected chi connectivity index (χ4v) is 4.00. The third-order valence-corrected chi connectivity index (χ3v) is 6.04. The van der Waals surface area contributed by atoms with E-state index in [1.807, 2.05) is 35.3 Å². The molecule has 2 heterocycles. The van der Waals surface area contributed by atoms with Crippen LogP contribution in [0.15, 0.2) is 70.4 Å². The van der Waals surface area contributed by atoms with E-state index in [0.717, 1.165) is 21.9 Å². The molecular weight excluding hydrogens is 493 g/mol. The molecule has 1 unspecified atom stereocenters. The predicted molar refractivity (Wildman–Crippen MR) is 129 cm³/mol. The topological polar surface area (TPSA) is 126 Å². The second-order valence-corrected chi connectivity index (χ2v) is 8.85. The van der Waals surface area contributed by atoms with Crippen molar-refractivity contribution >= 4 is 17.6 Å². The van der Waals surface area contributed by atoms with Crippen LogP contribution in [0.5, 0.6) is 0 Å². The molecule has 0 aliphatic carbocycles. The maximum Gasteiger partial charge on any atom is 0.330 e. The smallest absolute Gasteiger partial charge is 0.330 e. The number of rotatable bonds is 9. The molecule has 1 aliphatic heterocycles. The monoisotopic (exact) mass is 517 g/mol. The second kappa shape index (κ2) is 11.6. The van der Waals surface area contributed by atoms with Crippen LogP contribution in [-0.2, 0) is 32.0 Å². The van der Waals surface area contributed by atoms with Gasteiger partial charge in [-0.15, -0.1) is 0 Å². The van der Waals surface area contributed by atoms with Crippen molar-refractivity contribution in [3.05, 3.63) is 104 Å². The number of aromatic amines is 1. The maximum atomic E-state index is 13.8. The van der Waals surface area contributed by atoms with Crippen LogP contribution >= 0.6 is 11.6 Å². The third kappa shape index (κ3) is 6.46. The molecule has 3 N–H and O–H groups in total. The number of hydrogen-bond donors (Lipinski definition) is 2. The van der Waals surface area contributed by atoms with Crippen LogP contribution in [0.3, 0.4) is 0 Å². The quantitative estimate of drug-likeness (QED) is 0.417. The van der Waals surface area contributed by atoms with Crippen molar-refractivity contribution in [2.24, 2.45) is 5.73 Å². The Labute approximate surface area is 210 Å². The number of ether oxygens (including phenoxy) is 3. The van der Waals surface area contributed by atoms with Gasteiger partial charge < -0.3 is 19.9 Å². The Balaban J connectivity index is 1.44. The number of nitrogens with two attached hydrogens (primary N) is 1. The molecule has 0 bridgehead atoms. The van der Waals surface area contributed by atoms with E-state index in [2.05, 4.69) is 0 Å². The highest BCUT2D eigenvalue weighted by Crippen LogP contribution is 2.31. The van der Waals surface area contributed by atoms with E-state index < -0.39 is 47.5 Å². The van der Waals surface area contributed by atoms with E-state index in [9.17, 15) is 18.8 Å². The van der Waals surface area contributed by atoms with Gasteiger partial charge in [-0.1, -0.05) is 54.1 Å². The van der Waals surface area contributed by atoms with Gasteiger partial charge in [-0.3, -0.25) is 19.1 Å². The average Bonchev–Trinajstić information content (AvgIpc) is 3.27. The molecule has 9 nitrogen and oxygen atoms in total. The van der Waals surface area contributed by atoms with E-state index in [0.29, 0.717) is 11.4 Å². The van der Waals surface area contributed by atoms with Gasteiger partial charge in [0.25, 0.3) is 5.56 Å². The zero-order chi connectivity index (χ0) is 25.7. The van der Waals surface area contributed by atoms with E-state index in [1.165, 1.54) is 0 Å². The summed E-state index contributed by atoms with van der Waals surface area (Å²) in [5, 5.41) is 0.583. The summed E-state index contributed by atoms with van der Waals surface area (Å²) in [6.07, 6.45) is -1.08. The largest absolute Gasteiger partial charge is 0.462 e. The van der Waals surface area contributed by atoms with Crippen LogP contribution in [-0.4, -0.2) is 40.4 Å². The number of nitrogens with zero attached hydrogens (tertiary/aromatic N) is 1. The summed E-state index contributed by atoms with van der Waals surface area (Å²) in [5.74, 6) is -1.74. The highest BCUT2D eigenvalue weighted by atomic mass is 35.5. The molecule has 0 radical (unpaired) electrons. The first-order valence-corrected chi connectivity index (χ1v) is 11.7. The second-order valence-electron chi connectivity index (χ2n) is 8.41. The lowest BCUT2D eigenvalue weighted by molar-refractivity contribution is -0.152. The number of halogens is 2. The molecule has 3 aromatic rings. The number of H-pyrrole nitrogens is 1. The molecule has 2 aromatic carbocycles. The number of esters is 1. The molecule has 1 aliphatic rings. The predicted octanol–water partition coefficient (Wildman–Crippen LogP) is 2.32. The number of carbonyl (C=O) groups excluding carboxylic acids is 1. The van der Waals surface area contributed by atoms with Crippen molar-refractivity contribution in [3.63, 3.8) is 0 Å². The SMILES string of the molecule is NC(Cc1ccccc1)C(=O)OC[C@H]1O[C@@H](n2cc(F)c(=O)[nH]c2=O)C[C@@H]1OCc1ccc(Cl)cc1. The van der Waals surface area contributed by atoms with E-state index in [4.69, 9.17) is 31.5 Å². The van der Waals surface area contributed by atoms with Gasteiger partial charge in [0.2, 0.25) is 5.82 Å². The Morgan fingerprint density at radius 3 is 2.61 bits per heavy atom. The van der Waals surface area contributed by atoms with Gasteiger partial charge in [-0.05, 0) is 29.7 Å². The molecular formula is C25H25ClFN3O6. The summed E-state index contributed by atoms with van der Waals surface area (Å²) in [7, 11) is 0. The van der Waals surface area contributed by atoms with Crippen molar-refractivity contribution in [2.45, 2.75) is 43.9 Å². The van der Waals surface area contributed by atoms with Gasteiger partial charge in [0.05, 0.1) is 18.9 Å². The first kappa shape index (κ1) is 25.8. The standard InChI is InChI=1S/C25H25ClFN3O6/c26-17-8-6-16(7-9-17)13-34-20-11-22(30-12-18(27)23(31)29-25(30)33)36-21(20)14-35-24(32)19(28)10-15-4-2-1-3-5-15/h1-9,12,19-22H,10-11,13-14,28H2,(H,29,31,33)/t19?,20-,21+,22+/m0/s1. The van der Waals surface area contributed by atoms with Gasteiger partial charge in [0.15, 0.2) is 0 Å². The molecule has 190 valence electrons. The van der Waals surface area contributed by atoms with Gasteiger partial charge in [-0.25, -0.2) is 4.79 Å². The van der Waals surface area contributed by atoms with Gasteiger partial charge in [0, 0.05) is 11.4 Å². The molecule has 4 rings (SSSR count). The Bertz CT molecular complexity index is 1300. The lowest BCUT2D eigenvalue weighted by atomic mass is 10.1. The lowest BCUT2D eigenvalue weighted by Crippen LogP contribution is -2.38. The van der Waals surface area contributed by atoms with Gasteiger partial charge in [-0.2, -0.15) is 4.39 Å². The number of hydrogen-bond acceptors (Lipinski definition) is 7. The number of carbonyl (C=O) groups is 1. The molecule has 1 aromatic heterocycles. The fraction of sp³-hybridized carbons (Fsp3) is 0.320. The normalized spacial score (nSPS) is 20.2. The minimum atomic E-state index is -1.13. The molecule has 0 saturated carbocycles. The van der Waals surface area contributed by atoms with E-state index >= 15 is 0 Å². The van der Waals surface area contributed by atoms with Crippen molar-refractivity contribution in [3.8, 4) is 0 Å². The average molecular weight is 518 g/mol.